The van der Waals surface area contributed by atoms with E-state index in [1.807, 2.05) is 83.1 Å². The van der Waals surface area contributed by atoms with E-state index >= 15 is 0 Å². The van der Waals surface area contributed by atoms with E-state index < -0.39 is 11.7 Å². The Morgan fingerprint density at radius 2 is 0.954 bits per heavy atom. The SMILES string of the molecule is CC(C)OC(=O)CNCc1c2ccccc2c(CN(C)C(=O)COc2ccc(C(=O)N(C)Cc3c4ccccc4c(CN(C)C(=O)OC(C)(C)C)c4ccccc34)cc2)c2ccccc12. The van der Waals surface area contributed by atoms with Gasteiger partial charge in [-0.1, -0.05) is 97.1 Å². The molecule has 0 fully saturated rings. The minimum Gasteiger partial charge on any atom is -0.484 e. The molecule has 0 bridgehead atoms. The summed E-state index contributed by atoms with van der Waals surface area (Å²) in [6.07, 6.45) is -0.578. The molecule has 7 aromatic rings. The first-order valence-electron chi connectivity index (χ1n) is 22.0. The van der Waals surface area contributed by atoms with E-state index in [9.17, 15) is 19.2 Å². The van der Waals surface area contributed by atoms with Crippen molar-refractivity contribution in [2.24, 2.45) is 0 Å². The molecule has 65 heavy (non-hydrogen) atoms. The van der Waals surface area contributed by atoms with Gasteiger partial charge in [0, 0.05) is 52.9 Å². The third-order valence-corrected chi connectivity index (χ3v) is 11.4. The largest absolute Gasteiger partial charge is 0.484 e. The van der Waals surface area contributed by atoms with Gasteiger partial charge < -0.3 is 34.2 Å². The lowest BCUT2D eigenvalue weighted by Crippen LogP contribution is -2.34. The van der Waals surface area contributed by atoms with Crippen molar-refractivity contribution < 1.29 is 33.4 Å². The zero-order valence-corrected chi connectivity index (χ0v) is 38.6. The van der Waals surface area contributed by atoms with E-state index in [0.29, 0.717) is 37.5 Å². The number of amides is 3. The van der Waals surface area contributed by atoms with Gasteiger partial charge in [0.05, 0.1) is 12.6 Å². The Balaban J connectivity index is 1.02. The molecule has 0 atom stereocenters. The molecule has 0 aliphatic carbocycles. The van der Waals surface area contributed by atoms with Crippen molar-refractivity contribution in [1.82, 2.24) is 20.0 Å². The van der Waals surface area contributed by atoms with Crippen LogP contribution in [0.2, 0.25) is 0 Å². The lowest BCUT2D eigenvalue weighted by atomic mass is 9.91. The topological polar surface area (TPSA) is 118 Å². The lowest BCUT2D eigenvalue weighted by Gasteiger charge is -2.26. The summed E-state index contributed by atoms with van der Waals surface area (Å²) in [4.78, 5) is 57.7. The van der Waals surface area contributed by atoms with Crippen LogP contribution in [0.4, 0.5) is 4.79 Å². The number of hydrogen-bond donors (Lipinski definition) is 1. The third-order valence-electron chi connectivity index (χ3n) is 11.4. The number of carbonyl (C=O) groups is 4. The normalized spacial score (nSPS) is 11.6. The Kier molecular flexibility index (Phi) is 14.0. The maximum absolute atomic E-state index is 13.9. The predicted octanol–water partition coefficient (Wildman–Crippen LogP) is 10.0. The molecule has 0 aliphatic rings. The van der Waals surface area contributed by atoms with E-state index in [1.165, 1.54) is 0 Å². The second-order valence-corrected chi connectivity index (χ2v) is 17.8. The molecule has 11 heteroatoms. The number of rotatable bonds is 15. The second kappa shape index (κ2) is 19.8. The number of esters is 1. The van der Waals surface area contributed by atoms with Crippen LogP contribution < -0.4 is 10.1 Å². The molecule has 0 saturated carbocycles. The van der Waals surface area contributed by atoms with Gasteiger partial charge in [0.25, 0.3) is 11.8 Å². The maximum atomic E-state index is 13.9. The summed E-state index contributed by atoms with van der Waals surface area (Å²) in [6, 6.07) is 39.3. The van der Waals surface area contributed by atoms with Crippen LogP contribution >= 0.6 is 0 Å². The molecule has 11 nitrogen and oxygen atoms in total. The average Bonchev–Trinajstić information content (AvgIpc) is 3.28. The van der Waals surface area contributed by atoms with Crippen LogP contribution in [0.1, 0.15) is 67.2 Å². The Labute approximate surface area is 380 Å². The van der Waals surface area contributed by atoms with Crippen LogP contribution in [-0.4, -0.2) is 84.6 Å². The molecule has 0 radical (unpaired) electrons. The summed E-state index contributed by atoms with van der Waals surface area (Å²) < 4.78 is 16.9. The van der Waals surface area contributed by atoms with Crippen molar-refractivity contribution in [3.63, 3.8) is 0 Å². The molecule has 7 aromatic carbocycles. The number of carbonyl (C=O) groups excluding carboxylic acids is 4. The first-order valence-corrected chi connectivity index (χ1v) is 22.0. The zero-order chi connectivity index (χ0) is 46.4. The van der Waals surface area contributed by atoms with Crippen molar-refractivity contribution in [3.8, 4) is 5.75 Å². The standard InChI is InChI=1S/C54H58N4O7/c1-35(2)64-51(60)30-55-29-46-38-17-9-11-19-40(38)47(41-20-12-10-18-39(41)46)31-56(6)50(59)34-63-37-27-25-36(26-28-37)52(61)57(7)32-48-42-21-13-15-23-44(42)49(45-24-16-14-22-43(45)48)33-58(8)53(62)65-54(3,4)5/h9-28,35,55H,29-34H2,1-8H3. The summed E-state index contributed by atoms with van der Waals surface area (Å²) in [5, 5.41) is 11.4. The van der Waals surface area contributed by atoms with Gasteiger partial charge in [0.15, 0.2) is 6.61 Å². The monoisotopic (exact) mass is 874 g/mol. The number of ether oxygens (including phenoxy) is 3. The van der Waals surface area contributed by atoms with E-state index in [4.69, 9.17) is 14.2 Å². The third kappa shape index (κ3) is 10.7. The Hall–Kier alpha value is -6.98. The van der Waals surface area contributed by atoms with Crippen LogP contribution in [0.25, 0.3) is 43.1 Å². The Bertz CT molecular complexity index is 2770. The first kappa shape index (κ1) is 46.0. The van der Waals surface area contributed by atoms with Crippen molar-refractivity contribution in [2.75, 3.05) is 34.3 Å². The molecule has 0 saturated heterocycles. The highest BCUT2D eigenvalue weighted by molar-refractivity contribution is 6.07. The lowest BCUT2D eigenvalue weighted by molar-refractivity contribution is -0.146. The van der Waals surface area contributed by atoms with Gasteiger partial charge in [-0.2, -0.15) is 0 Å². The number of nitrogens with zero attached hydrogens (tertiary/aromatic N) is 3. The van der Waals surface area contributed by atoms with E-state index in [-0.39, 0.29) is 37.0 Å². The van der Waals surface area contributed by atoms with E-state index in [1.54, 1.807) is 60.1 Å². The van der Waals surface area contributed by atoms with Gasteiger partial charge in [-0.25, -0.2) is 4.79 Å². The molecule has 7 rings (SSSR count). The quantitative estimate of drug-likeness (QED) is 0.0800. The van der Waals surface area contributed by atoms with Gasteiger partial charge in [0.2, 0.25) is 0 Å². The fraction of sp³-hybridized carbons (Fsp3) is 0.296. The molecule has 0 aliphatic heterocycles. The van der Waals surface area contributed by atoms with Gasteiger partial charge in [-0.05, 0) is 124 Å². The fourth-order valence-electron chi connectivity index (χ4n) is 8.36. The highest BCUT2D eigenvalue weighted by atomic mass is 16.6. The van der Waals surface area contributed by atoms with Crippen LogP contribution in [-0.2, 0) is 45.2 Å². The highest BCUT2D eigenvalue weighted by Crippen LogP contribution is 2.36. The first-order chi connectivity index (χ1) is 31.1. The molecular weight excluding hydrogens is 817 g/mol. The zero-order valence-electron chi connectivity index (χ0n) is 38.6. The van der Waals surface area contributed by atoms with Gasteiger partial charge >= 0.3 is 12.1 Å². The summed E-state index contributed by atoms with van der Waals surface area (Å²) >= 11 is 0. The van der Waals surface area contributed by atoms with Crippen LogP contribution in [0, 0.1) is 0 Å². The van der Waals surface area contributed by atoms with Crippen LogP contribution in [0.3, 0.4) is 0 Å². The van der Waals surface area contributed by atoms with Crippen molar-refractivity contribution >= 4 is 67.0 Å². The molecule has 0 spiro atoms. The van der Waals surface area contributed by atoms with E-state index in [2.05, 4.69) is 53.8 Å². The molecule has 336 valence electrons. The fourth-order valence-corrected chi connectivity index (χ4v) is 8.36. The number of hydrogen-bond acceptors (Lipinski definition) is 8. The number of fused-ring (bicyclic) bond motifs is 4. The second-order valence-electron chi connectivity index (χ2n) is 17.8. The maximum Gasteiger partial charge on any atom is 0.410 e. The van der Waals surface area contributed by atoms with Crippen LogP contribution in [0.15, 0.2) is 121 Å². The molecule has 0 heterocycles. The minimum atomic E-state index is -0.615. The van der Waals surface area contributed by atoms with Crippen LogP contribution in [0.5, 0.6) is 5.75 Å². The van der Waals surface area contributed by atoms with E-state index in [0.717, 1.165) is 65.3 Å². The summed E-state index contributed by atoms with van der Waals surface area (Å²) in [7, 11) is 5.30. The number of benzene rings is 7. The molecule has 1 N–H and O–H groups in total. The minimum absolute atomic E-state index is 0.0976. The molecule has 3 amide bonds. The molecule has 0 unspecified atom stereocenters. The van der Waals surface area contributed by atoms with Gasteiger partial charge in [-0.15, -0.1) is 0 Å². The van der Waals surface area contributed by atoms with Gasteiger partial charge in [0.1, 0.15) is 11.4 Å². The predicted molar refractivity (Wildman–Crippen MR) is 258 cm³/mol. The molecular formula is C54H58N4O7. The summed E-state index contributed by atoms with van der Waals surface area (Å²) in [5.74, 6) is -0.191. The smallest absolute Gasteiger partial charge is 0.410 e. The summed E-state index contributed by atoms with van der Waals surface area (Å²) in [5.41, 5.74) is 3.97. The highest BCUT2D eigenvalue weighted by Gasteiger charge is 2.24. The molecule has 0 aromatic heterocycles. The Morgan fingerprint density at radius 1 is 0.554 bits per heavy atom. The summed E-state index contributed by atoms with van der Waals surface area (Å²) in [6.45, 7) is 10.7. The Morgan fingerprint density at radius 3 is 1.37 bits per heavy atom. The number of likely N-dealkylation sites (N-methyl/N-ethyl adjacent to an activating group) is 1. The number of nitrogens with one attached hydrogen (secondary N) is 1. The van der Waals surface area contributed by atoms with Crippen molar-refractivity contribution in [1.29, 1.82) is 0 Å². The van der Waals surface area contributed by atoms with Crippen molar-refractivity contribution in [2.45, 2.75) is 72.5 Å². The van der Waals surface area contributed by atoms with Crippen molar-refractivity contribution in [3.05, 3.63) is 149 Å². The van der Waals surface area contributed by atoms with Gasteiger partial charge in [-0.3, -0.25) is 14.4 Å². The average molecular weight is 875 g/mol.